The zero-order valence-corrected chi connectivity index (χ0v) is 30.4. The van der Waals surface area contributed by atoms with Crippen LogP contribution in [0.4, 0.5) is 46.6 Å². The van der Waals surface area contributed by atoms with Crippen LogP contribution in [0.25, 0.3) is 0 Å². The van der Waals surface area contributed by atoms with E-state index in [4.69, 9.17) is 39.5 Å². The third-order valence-corrected chi connectivity index (χ3v) is 12.2. The summed E-state index contributed by atoms with van der Waals surface area (Å²) in [6, 6.07) is 7.08. The van der Waals surface area contributed by atoms with Gasteiger partial charge in [0.2, 0.25) is 5.82 Å². The molecule has 1 N–H and O–H groups in total. The minimum absolute atomic E-state index is 0.0264. The van der Waals surface area contributed by atoms with Gasteiger partial charge in [0, 0.05) is 18.5 Å². The van der Waals surface area contributed by atoms with Gasteiger partial charge in [-0.25, -0.2) is 31.8 Å². The van der Waals surface area contributed by atoms with Gasteiger partial charge >= 0.3 is 6.18 Å². The van der Waals surface area contributed by atoms with Gasteiger partial charge < -0.3 is 9.84 Å². The SMILES string of the molecule is CN(c1nc(C(F)(F)F)ccc1Cl)N1C(=O)C2CC=C3C(CC4(Cl)C(=O)N(c5c(F)c(F)c(F)c(F)c5F)C(=O)C4(Cl)C3c3ccccc3OCCO)C2C1=O. The monoisotopic (exact) mass is 852 g/mol. The summed E-state index contributed by atoms with van der Waals surface area (Å²) in [5.74, 6) is -24.6. The zero-order chi connectivity index (χ0) is 41.0. The van der Waals surface area contributed by atoms with Crippen LogP contribution >= 0.6 is 34.8 Å². The molecule has 3 fully saturated rings. The van der Waals surface area contributed by atoms with Crippen LogP contribution in [0, 0.1) is 46.8 Å². The molecule has 4 amide bonds. The Morgan fingerprint density at radius 1 is 0.911 bits per heavy atom. The molecule has 0 spiro atoms. The van der Waals surface area contributed by atoms with Crippen LogP contribution in [0.2, 0.25) is 5.02 Å². The Kier molecular flexibility index (Phi) is 9.61. The third kappa shape index (κ3) is 5.42. The van der Waals surface area contributed by atoms with Gasteiger partial charge in [0.05, 0.1) is 23.5 Å². The number of hydrazine groups is 1. The molecule has 4 aliphatic rings. The summed E-state index contributed by atoms with van der Waals surface area (Å²) in [6.45, 7) is -0.849. The van der Waals surface area contributed by atoms with E-state index in [1.165, 1.54) is 30.3 Å². The second-order valence-corrected chi connectivity index (χ2v) is 15.0. The van der Waals surface area contributed by atoms with E-state index in [1.54, 1.807) is 0 Å². The van der Waals surface area contributed by atoms with Crippen molar-refractivity contribution in [3.8, 4) is 5.75 Å². The second kappa shape index (κ2) is 13.6. The molecular formula is C35H23Cl3F8N4O6. The molecule has 2 aliphatic carbocycles. The van der Waals surface area contributed by atoms with E-state index < -0.39 is 123 Å². The lowest BCUT2D eigenvalue weighted by Gasteiger charge is -2.50. The van der Waals surface area contributed by atoms with Crippen molar-refractivity contribution in [2.45, 2.75) is 34.7 Å². The maximum Gasteiger partial charge on any atom is 0.433 e. The highest BCUT2D eigenvalue weighted by atomic mass is 35.5. The van der Waals surface area contributed by atoms with Crippen molar-refractivity contribution >= 4 is 69.9 Å². The molecule has 0 bridgehead atoms. The lowest BCUT2D eigenvalue weighted by Crippen LogP contribution is -2.60. The maximum absolute atomic E-state index is 15.3. The smallest absolute Gasteiger partial charge is 0.433 e. The Morgan fingerprint density at radius 2 is 1.54 bits per heavy atom. The van der Waals surface area contributed by atoms with Crippen molar-refractivity contribution in [1.82, 2.24) is 9.99 Å². The number of amides is 4. The number of benzene rings is 2. The van der Waals surface area contributed by atoms with Crippen LogP contribution in [-0.4, -0.2) is 68.7 Å². The number of anilines is 2. The third-order valence-electron chi connectivity index (χ3n) is 10.5. The van der Waals surface area contributed by atoms with E-state index in [0.717, 1.165) is 18.1 Å². The van der Waals surface area contributed by atoms with Gasteiger partial charge in [-0.2, -0.15) is 18.2 Å². The topological polar surface area (TPSA) is 120 Å². The van der Waals surface area contributed by atoms with Crippen molar-refractivity contribution in [2.75, 3.05) is 30.2 Å². The molecule has 296 valence electrons. The number of aromatic nitrogens is 1. The predicted molar refractivity (Wildman–Crippen MR) is 180 cm³/mol. The van der Waals surface area contributed by atoms with E-state index in [9.17, 15) is 50.6 Å². The molecule has 7 rings (SSSR count). The number of pyridine rings is 1. The summed E-state index contributed by atoms with van der Waals surface area (Å²) in [6.07, 6.45) is -4.63. The van der Waals surface area contributed by atoms with Crippen LogP contribution in [0.1, 0.15) is 30.0 Å². The highest BCUT2D eigenvalue weighted by Gasteiger charge is 2.77. The summed E-state index contributed by atoms with van der Waals surface area (Å²) in [5.41, 5.74) is -3.30. The molecule has 0 radical (unpaired) electrons. The molecule has 1 saturated carbocycles. The number of aliphatic hydroxyl groups excluding tert-OH is 1. The molecule has 3 aromatic rings. The number of halogens is 11. The number of alkyl halides is 5. The van der Waals surface area contributed by atoms with Gasteiger partial charge in [-0.3, -0.25) is 24.2 Å². The van der Waals surface area contributed by atoms with Gasteiger partial charge in [0.1, 0.15) is 23.7 Å². The summed E-state index contributed by atoms with van der Waals surface area (Å²) in [5, 5.41) is 10.4. The van der Waals surface area contributed by atoms with Gasteiger partial charge in [-0.15, -0.1) is 23.2 Å². The number of carbonyl (C=O) groups excluding carboxylic acids is 4. The lowest BCUT2D eigenvalue weighted by molar-refractivity contribution is -0.141. The number of hydrogen-bond donors (Lipinski definition) is 1. The first-order valence-corrected chi connectivity index (χ1v) is 17.5. The Bertz CT molecular complexity index is 2250. The largest absolute Gasteiger partial charge is 0.491 e. The van der Waals surface area contributed by atoms with Gasteiger partial charge in [-0.1, -0.05) is 41.4 Å². The quantitative estimate of drug-likeness (QED) is 0.0722. The van der Waals surface area contributed by atoms with Crippen LogP contribution in [-0.2, 0) is 25.4 Å². The van der Waals surface area contributed by atoms with E-state index >= 15 is 8.78 Å². The molecule has 1 aromatic heterocycles. The molecular weight excluding hydrogens is 831 g/mol. The predicted octanol–water partition coefficient (Wildman–Crippen LogP) is 6.44. The summed E-state index contributed by atoms with van der Waals surface area (Å²) >= 11 is 20.4. The van der Waals surface area contributed by atoms with Crippen molar-refractivity contribution in [3.63, 3.8) is 0 Å². The minimum Gasteiger partial charge on any atom is -0.491 e. The first-order valence-electron chi connectivity index (χ1n) is 16.4. The molecule has 2 saturated heterocycles. The number of allylic oxidation sites excluding steroid dienone is 2. The minimum atomic E-state index is -4.94. The highest BCUT2D eigenvalue weighted by Crippen LogP contribution is 2.66. The molecule has 2 aliphatic heterocycles. The number of nitrogens with zero attached hydrogens (tertiary/aromatic N) is 4. The zero-order valence-electron chi connectivity index (χ0n) is 28.1. The Labute approximate surface area is 325 Å². The molecule has 10 nitrogen and oxygen atoms in total. The number of imide groups is 2. The average molecular weight is 854 g/mol. The van der Waals surface area contributed by atoms with Crippen LogP contribution < -0.4 is 14.6 Å². The van der Waals surface area contributed by atoms with E-state index in [0.29, 0.717) is 11.1 Å². The number of fused-ring (bicyclic) bond motifs is 4. The van der Waals surface area contributed by atoms with Gasteiger partial charge in [-0.05, 0) is 37.0 Å². The first kappa shape index (κ1) is 39.7. The van der Waals surface area contributed by atoms with E-state index in [1.807, 2.05) is 0 Å². The average Bonchev–Trinajstić information content (AvgIpc) is 3.49. The normalized spacial score (nSPS) is 27.3. The number of para-hydroxylation sites is 1. The van der Waals surface area contributed by atoms with Crippen molar-refractivity contribution in [1.29, 1.82) is 0 Å². The van der Waals surface area contributed by atoms with Crippen LogP contribution in [0.3, 0.4) is 0 Å². The maximum atomic E-state index is 15.3. The molecule has 3 heterocycles. The molecule has 21 heteroatoms. The molecule has 6 unspecified atom stereocenters. The number of aliphatic hydroxyl groups is 1. The van der Waals surface area contributed by atoms with Crippen LogP contribution in [0.5, 0.6) is 5.75 Å². The Hall–Kier alpha value is -4.52. The first-order chi connectivity index (χ1) is 26.2. The number of hydrogen-bond acceptors (Lipinski definition) is 8. The fourth-order valence-corrected chi connectivity index (χ4v) is 9.26. The summed E-state index contributed by atoms with van der Waals surface area (Å²) < 4.78 is 120. The second-order valence-electron chi connectivity index (χ2n) is 13.3. The van der Waals surface area contributed by atoms with Gasteiger partial charge in [0.15, 0.2) is 38.8 Å². The number of carbonyl (C=O) groups is 4. The van der Waals surface area contributed by atoms with Gasteiger partial charge in [0.25, 0.3) is 23.6 Å². The van der Waals surface area contributed by atoms with E-state index in [2.05, 4.69) is 4.98 Å². The summed E-state index contributed by atoms with van der Waals surface area (Å²) in [7, 11) is 1.06. The molecule has 6 atom stereocenters. The Morgan fingerprint density at radius 3 is 2.16 bits per heavy atom. The highest BCUT2D eigenvalue weighted by molar-refractivity contribution is 6.58. The van der Waals surface area contributed by atoms with Crippen molar-refractivity contribution in [3.05, 3.63) is 93.4 Å². The van der Waals surface area contributed by atoms with Crippen molar-refractivity contribution in [2.24, 2.45) is 17.8 Å². The van der Waals surface area contributed by atoms with Crippen molar-refractivity contribution < 1.29 is 64.1 Å². The van der Waals surface area contributed by atoms with Crippen LogP contribution in [0.15, 0.2) is 48.0 Å². The fraction of sp³-hybridized carbons (Fsp3) is 0.343. The standard InChI is InChI=1S/C35H23Cl3F8N4O6/c1-48(28-17(36)8-9-19(47-28)35(44,45)46)50-29(52)15-7-6-13-16(20(15)30(50)53)12-33(37)31(54)49(27-25(42)23(40)22(39)24(41)26(27)43)32(55)34(33,38)21(13)14-4-2-3-5-18(14)56-11-10-51/h2-6,8-9,15-16,20-21,51H,7,10-12H2,1H3. The number of rotatable bonds is 7. The molecule has 56 heavy (non-hydrogen) atoms. The molecule has 2 aromatic carbocycles. The Balaban J connectivity index is 1.40. The fourth-order valence-electron chi connectivity index (χ4n) is 8.11. The summed E-state index contributed by atoms with van der Waals surface area (Å²) in [4.78, 5) is 54.8. The van der Waals surface area contributed by atoms with E-state index in [-0.39, 0.29) is 39.8 Å². The lowest BCUT2D eigenvalue weighted by atomic mass is 9.56. The number of ether oxygens (including phenoxy) is 1.